The lowest BCUT2D eigenvalue weighted by Crippen LogP contribution is -2.05. The van der Waals surface area contributed by atoms with Crippen molar-refractivity contribution < 1.29 is 9.84 Å². The third kappa shape index (κ3) is 2.27. The Kier molecular flexibility index (Phi) is 4.00. The quantitative estimate of drug-likeness (QED) is 0.862. The first kappa shape index (κ1) is 12.3. The maximum absolute atomic E-state index is 9.20. The molecule has 3 heteroatoms. The molecule has 2 nitrogen and oxygen atoms in total. The Morgan fingerprint density at radius 3 is 2.47 bits per heavy atom. The van der Waals surface area contributed by atoms with Gasteiger partial charge in [-0.15, -0.1) is 0 Å². The molecule has 0 aliphatic carbocycles. The summed E-state index contributed by atoms with van der Waals surface area (Å²) in [6.45, 7) is 5.94. The summed E-state index contributed by atoms with van der Waals surface area (Å²) < 4.78 is 5.34. The number of aryl methyl sites for hydroxylation is 2. The largest absolute Gasteiger partial charge is 0.496 e. The van der Waals surface area contributed by atoms with Gasteiger partial charge in [-0.3, -0.25) is 0 Å². The Morgan fingerprint density at radius 1 is 1.40 bits per heavy atom. The van der Waals surface area contributed by atoms with E-state index in [4.69, 9.17) is 16.3 Å². The number of hydrogen-bond donors (Lipinski definition) is 1. The predicted molar refractivity (Wildman–Crippen MR) is 63.0 cm³/mol. The molecule has 1 aromatic carbocycles. The van der Waals surface area contributed by atoms with E-state index in [1.807, 2.05) is 26.8 Å². The lowest BCUT2D eigenvalue weighted by molar-refractivity contribution is 0.269. The minimum Gasteiger partial charge on any atom is -0.496 e. The SMILES string of the molecule is COc1c(C)cc(C)c(Cl)c1C(C)CO. The highest BCUT2D eigenvalue weighted by atomic mass is 35.5. The molecule has 0 fully saturated rings. The van der Waals surface area contributed by atoms with Gasteiger partial charge < -0.3 is 9.84 Å². The Balaban J connectivity index is 3.43. The van der Waals surface area contributed by atoms with E-state index >= 15 is 0 Å². The highest BCUT2D eigenvalue weighted by Crippen LogP contribution is 2.37. The Morgan fingerprint density at radius 2 is 2.00 bits per heavy atom. The van der Waals surface area contributed by atoms with Gasteiger partial charge in [-0.1, -0.05) is 24.6 Å². The standard InChI is InChI=1S/C12H17ClO2/c1-7-5-8(2)12(15-4)10(11(7)13)9(3)6-14/h5,9,14H,6H2,1-4H3. The van der Waals surface area contributed by atoms with Gasteiger partial charge >= 0.3 is 0 Å². The third-order valence-corrected chi connectivity index (χ3v) is 3.09. The van der Waals surface area contributed by atoms with Crippen molar-refractivity contribution in [3.63, 3.8) is 0 Å². The van der Waals surface area contributed by atoms with Gasteiger partial charge in [0, 0.05) is 18.1 Å². The summed E-state index contributed by atoms with van der Waals surface area (Å²) in [6.07, 6.45) is 0. The molecule has 0 aliphatic rings. The van der Waals surface area contributed by atoms with E-state index in [1.54, 1.807) is 7.11 Å². The summed E-state index contributed by atoms with van der Waals surface area (Å²) in [7, 11) is 1.63. The first-order chi connectivity index (χ1) is 7.02. The van der Waals surface area contributed by atoms with Crippen LogP contribution in [0.25, 0.3) is 0 Å². The molecule has 0 saturated heterocycles. The van der Waals surface area contributed by atoms with Crippen LogP contribution in [0.5, 0.6) is 5.75 Å². The molecular weight excluding hydrogens is 212 g/mol. The molecular formula is C12H17ClO2. The molecule has 84 valence electrons. The molecule has 0 amide bonds. The first-order valence-electron chi connectivity index (χ1n) is 4.97. The molecule has 0 heterocycles. The van der Waals surface area contributed by atoms with Crippen LogP contribution in [0.3, 0.4) is 0 Å². The lowest BCUT2D eigenvalue weighted by atomic mass is 9.96. The van der Waals surface area contributed by atoms with Crippen LogP contribution >= 0.6 is 11.6 Å². The van der Waals surface area contributed by atoms with Crippen molar-refractivity contribution in [1.82, 2.24) is 0 Å². The lowest BCUT2D eigenvalue weighted by Gasteiger charge is -2.19. The van der Waals surface area contributed by atoms with E-state index in [1.165, 1.54) is 0 Å². The van der Waals surface area contributed by atoms with Crippen LogP contribution in [0.15, 0.2) is 6.07 Å². The second-order valence-electron chi connectivity index (χ2n) is 3.85. The zero-order chi connectivity index (χ0) is 11.6. The van der Waals surface area contributed by atoms with Gasteiger partial charge in [0.2, 0.25) is 0 Å². The van der Waals surface area contributed by atoms with Crippen molar-refractivity contribution in [3.05, 3.63) is 27.8 Å². The van der Waals surface area contributed by atoms with Crippen LogP contribution in [0, 0.1) is 13.8 Å². The number of ether oxygens (including phenoxy) is 1. The molecule has 15 heavy (non-hydrogen) atoms. The van der Waals surface area contributed by atoms with Crippen molar-refractivity contribution in [2.45, 2.75) is 26.7 Å². The van der Waals surface area contributed by atoms with Gasteiger partial charge in [0.1, 0.15) is 5.75 Å². The predicted octanol–water partition coefficient (Wildman–Crippen LogP) is 3.06. The molecule has 0 radical (unpaired) electrons. The van der Waals surface area contributed by atoms with E-state index in [0.29, 0.717) is 5.02 Å². The third-order valence-electron chi connectivity index (χ3n) is 2.59. The smallest absolute Gasteiger partial charge is 0.126 e. The molecule has 0 aromatic heterocycles. The zero-order valence-electron chi connectivity index (χ0n) is 9.60. The number of aliphatic hydroxyl groups is 1. The summed E-state index contributed by atoms with van der Waals surface area (Å²) in [5.74, 6) is 0.776. The van der Waals surface area contributed by atoms with Gasteiger partial charge in [-0.25, -0.2) is 0 Å². The first-order valence-corrected chi connectivity index (χ1v) is 5.35. The monoisotopic (exact) mass is 228 g/mol. The summed E-state index contributed by atoms with van der Waals surface area (Å²) in [6, 6.07) is 1.99. The fourth-order valence-corrected chi connectivity index (χ4v) is 2.11. The van der Waals surface area contributed by atoms with Gasteiger partial charge in [0.05, 0.1) is 12.1 Å². The molecule has 1 N–H and O–H groups in total. The van der Waals surface area contributed by atoms with E-state index in [0.717, 1.165) is 22.4 Å². The Labute approximate surface area is 95.8 Å². The van der Waals surface area contributed by atoms with Crippen molar-refractivity contribution in [1.29, 1.82) is 0 Å². The molecule has 1 rings (SSSR count). The molecule has 1 aromatic rings. The highest BCUT2D eigenvalue weighted by Gasteiger charge is 2.18. The number of aliphatic hydroxyl groups excluding tert-OH is 1. The van der Waals surface area contributed by atoms with Crippen molar-refractivity contribution >= 4 is 11.6 Å². The normalized spacial score (nSPS) is 12.7. The van der Waals surface area contributed by atoms with Crippen LogP contribution in [0.2, 0.25) is 5.02 Å². The van der Waals surface area contributed by atoms with Crippen molar-refractivity contribution in [2.75, 3.05) is 13.7 Å². The van der Waals surface area contributed by atoms with Crippen LogP contribution in [0.1, 0.15) is 29.5 Å². The van der Waals surface area contributed by atoms with Crippen LogP contribution in [-0.4, -0.2) is 18.8 Å². The minimum atomic E-state index is -0.00829. The molecule has 0 aliphatic heterocycles. The Bertz CT molecular complexity index is 361. The van der Waals surface area contributed by atoms with Gasteiger partial charge in [0.25, 0.3) is 0 Å². The maximum Gasteiger partial charge on any atom is 0.126 e. The van der Waals surface area contributed by atoms with Crippen LogP contribution < -0.4 is 4.74 Å². The summed E-state index contributed by atoms with van der Waals surface area (Å²) in [5.41, 5.74) is 2.97. The van der Waals surface area contributed by atoms with Crippen molar-refractivity contribution in [3.8, 4) is 5.75 Å². The number of rotatable bonds is 3. The second-order valence-corrected chi connectivity index (χ2v) is 4.23. The second kappa shape index (κ2) is 4.86. The minimum absolute atomic E-state index is 0.00829. The maximum atomic E-state index is 9.20. The van der Waals surface area contributed by atoms with Crippen LogP contribution in [-0.2, 0) is 0 Å². The molecule has 0 spiro atoms. The number of hydrogen-bond acceptors (Lipinski definition) is 2. The van der Waals surface area contributed by atoms with Gasteiger partial charge in [-0.2, -0.15) is 0 Å². The van der Waals surface area contributed by atoms with Gasteiger partial charge in [-0.05, 0) is 25.0 Å². The fraction of sp³-hybridized carbons (Fsp3) is 0.500. The van der Waals surface area contributed by atoms with Gasteiger partial charge in [0.15, 0.2) is 0 Å². The fourth-order valence-electron chi connectivity index (χ4n) is 1.78. The summed E-state index contributed by atoms with van der Waals surface area (Å²) in [4.78, 5) is 0. The zero-order valence-corrected chi connectivity index (χ0v) is 10.4. The topological polar surface area (TPSA) is 29.5 Å². The molecule has 0 bridgehead atoms. The highest BCUT2D eigenvalue weighted by molar-refractivity contribution is 6.32. The summed E-state index contributed by atoms with van der Waals surface area (Å²) >= 11 is 6.23. The molecule has 1 atom stereocenters. The number of halogens is 1. The van der Waals surface area contributed by atoms with E-state index in [2.05, 4.69) is 0 Å². The molecule has 1 unspecified atom stereocenters. The van der Waals surface area contributed by atoms with Crippen molar-refractivity contribution in [2.24, 2.45) is 0 Å². The van der Waals surface area contributed by atoms with E-state index < -0.39 is 0 Å². The van der Waals surface area contributed by atoms with E-state index in [-0.39, 0.29) is 12.5 Å². The van der Waals surface area contributed by atoms with Crippen LogP contribution in [0.4, 0.5) is 0 Å². The molecule has 0 saturated carbocycles. The average Bonchev–Trinajstić information content (AvgIpc) is 2.21. The number of benzene rings is 1. The summed E-state index contributed by atoms with van der Waals surface area (Å²) in [5, 5.41) is 9.89. The number of methoxy groups -OCH3 is 1. The van der Waals surface area contributed by atoms with E-state index in [9.17, 15) is 5.11 Å². The average molecular weight is 229 g/mol. The Hall–Kier alpha value is -0.730.